The first-order chi connectivity index (χ1) is 10.0. The van der Waals surface area contributed by atoms with Gasteiger partial charge in [0.15, 0.2) is 0 Å². The van der Waals surface area contributed by atoms with E-state index >= 15 is 0 Å². The van der Waals surface area contributed by atoms with Gasteiger partial charge in [0, 0.05) is 32.9 Å². The van der Waals surface area contributed by atoms with Crippen LogP contribution >= 0.6 is 0 Å². The third kappa shape index (κ3) is 2.73. The van der Waals surface area contributed by atoms with Crippen molar-refractivity contribution in [3.63, 3.8) is 0 Å². The van der Waals surface area contributed by atoms with Crippen molar-refractivity contribution in [1.29, 1.82) is 0 Å². The first-order valence-electron chi connectivity index (χ1n) is 7.36. The topological polar surface area (TPSA) is 86.3 Å². The smallest absolute Gasteiger partial charge is 0.263 e. The molecule has 21 heavy (non-hydrogen) atoms. The number of fused-ring (bicyclic) bond motifs is 1. The lowest BCUT2D eigenvalue weighted by molar-refractivity contribution is -0.00404. The summed E-state index contributed by atoms with van der Waals surface area (Å²) in [5, 5.41) is 3.37. The van der Waals surface area contributed by atoms with E-state index in [1.807, 2.05) is 0 Å². The number of carbonyl (C=O) groups excluding carboxylic acids is 1. The van der Waals surface area contributed by atoms with E-state index in [1.165, 1.54) is 11.0 Å². The lowest BCUT2D eigenvalue weighted by Crippen LogP contribution is -2.35. The summed E-state index contributed by atoms with van der Waals surface area (Å²) in [6.07, 6.45) is 5.29. The third-order valence-corrected chi connectivity index (χ3v) is 4.52. The Bertz CT molecular complexity index is 625. The Kier molecular flexibility index (Phi) is 3.59. The highest BCUT2D eigenvalue weighted by molar-refractivity contribution is 5.92. The minimum atomic E-state index is -0.686. The van der Waals surface area contributed by atoms with E-state index in [0.29, 0.717) is 12.5 Å². The normalized spacial score (nSPS) is 27.2. The summed E-state index contributed by atoms with van der Waals surface area (Å²) in [6.45, 7) is 2.25. The summed E-state index contributed by atoms with van der Waals surface area (Å²) >= 11 is 0. The van der Waals surface area contributed by atoms with E-state index in [2.05, 4.69) is 5.32 Å². The van der Waals surface area contributed by atoms with Crippen LogP contribution in [0.15, 0.2) is 17.1 Å². The number of nitrogens with zero attached hydrogens (tertiary/aromatic N) is 1. The first-order valence-corrected chi connectivity index (χ1v) is 7.36. The van der Waals surface area contributed by atoms with Crippen LogP contribution in [-0.4, -0.2) is 29.2 Å². The van der Waals surface area contributed by atoms with Gasteiger partial charge in [0.05, 0.1) is 5.60 Å². The average Bonchev–Trinajstić information content (AvgIpc) is 3.16. The van der Waals surface area contributed by atoms with Crippen LogP contribution in [0.5, 0.6) is 0 Å². The maximum absolute atomic E-state index is 11.8. The Labute approximate surface area is 123 Å². The molecule has 2 atom stereocenters. The molecule has 3 N–H and O–H groups in total. The van der Waals surface area contributed by atoms with Gasteiger partial charge in [-0.1, -0.05) is 0 Å². The fraction of sp³-hybridized carbons (Fsp3) is 0.600. The molecule has 114 valence electrons. The number of carbonyl (C=O) groups is 1. The molecule has 0 bridgehead atoms. The quantitative estimate of drug-likeness (QED) is 0.808. The van der Waals surface area contributed by atoms with Crippen LogP contribution in [0.25, 0.3) is 0 Å². The van der Waals surface area contributed by atoms with Crippen LogP contribution in [0, 0.1) is 5.92 Å². The number of nitrogens with one attached hydrogen (secondary N) is 1. The molecule has 6 nitrogen and oxygen atoms in total. The number of ether oxygens (including phenoxy) is 1. The zero-order chi connectivity index (χ0) is 15.0. The Morgan fingerprint density at radius 2 is 2.43 bits per heavy atom. The minimum Gasteiger partial charge on any atom is -0.373 e. The molecule has 0 radical (unpaired) electrons. The van der Waals surface area contributed by atoms with Crippen LogP contribution in [-0.2, 0) is 18.3 Å². The van der Waals surface area contributed by atoms with Gasteiger partial charge in [-0.3, -0.25) is 9.59 Å². The van der Waals surface area contributed by atoms with E-state index in [1.54, 1.807) is 19.3 Å². The summed E-state index contributed by atoms with van der Waals surface area (Å²) in [5.41, 5.74) is 5.81. The number of aryl methyl sites for hydroxylation is 1. The molecule has 3 rings (SSSR count). The summed E-state index contributed by atoms with van der Waals surface area (Å²) in [7, 11) is 1.62. The molecule has 1 saturated carbocycles. The van der Waals surface area contributed by atoms with E-state index in [-0.39, 0.29) is 16.7 Å². The van der Waals surface area contributed by atoms with Crippen LogP contribution in [0.1, 0.15) is 35.2 Å². The summed E-state index contributed by atoms with van der Waals surface area (Å²) in [6, 6.07) is 1.57. The molecule has 6 heteroatoms. The monoisotopic (exact) mass is 291 g/mol. The molecule has 1 aromatic heterocycles. The SMILES string of the molecule is Cn1cc(CNCC23CC2CCCO3)cc(C(N)=O)c1=O. The van der Waals surface area contributed by atoms with Crippen molar-refractivity contribution >= 4 is 5.91 Å². The zero-order valence-corrected chi connectivity index (χ0v) is 12.2. The van der Waals surface area contributed by atoms with Gasteiger partial charge < -0.3 is 20.4 Å². The summed E-state index contributed by atoms with van der Waals surface area (Å²) in [4.78, 5) is 23.0. The van der Waals surface area contributed by atoms with E-state index in [9.17, 15) is 9.59 Å². The number of primary amides is 1. The lowest BCUT2D eigenvalue weighted by Gasteiger charge is -2.23. The average molecular weight is 291 g/mol. The molecule has 2 unspecified atom stereocenters. The van der Waals surface area contributed by atoms with Crippen molar-refractivity contribution in [2.24, 2.45) is 18.7 Å². The molecule has 1 saturated heterocycles. The standard InChI is InChI=1S/C15H21N3O3/c1-18-8-10(5-12(13(16)19)14(18)20)7-17-9-15-6-11(15)3-2-4-21-15/h5,8,11,17H,2-4,6-7,9H2,1H3,(H2,16,19). The van der Waals surface area contributed by atoms with Crippen LogP contribution in [0.2, 0.25) is 0 Å². The number of hydrogen-bond donors (Lipinski definition) is 2. The Balaban J connectivity index is 1.63. The number of amides is 1. The number of rotatable bonds is 5. The van der Waals surface area contributed by atoms with E-state index < -0.39 is 5.91 Å². The predicted octanol–water partition coefficient (Wildman–Crippen LogP) is 0.143. The van der Waals surface area contributed by atoms with Gasteiger partial charge in [0.1, 0.15) is 5.56 Å². The number of pyridine rings is 1. The van der Waals surface area contributed by atoms with Gasteiger partial charge in [-0.05, 0) is 36.8 Å². The van der Waals surface area contributed by atoms with Gasteiger partial charge in [0.2, 0.25) is 0 Å². The van der Waals surface area contributed by atoms with Gasteiger partial charge in [-0.25, -0.2) is 0 Å². The fourth-order valence-electron chi connectivity index (χ4n) is 3.25. The number of aromatic nitrogens is 1. The lowest BCUT2D eigenvalue weighted by atomic mass is 10.1. The molecule has 2 aliphatic rings. The Morgan fingerprint density at radius 3 is 3.14 bits per heavy atom. The molecule has 1 aliphatic heterocycles. The maximum atomic E-state index is 11.8. The highest BCUT2D eigenvalue weighted by Gasteiger charge is 2.56. The van der Waals surface area contributed by atoms with Gasteiger partial charge in [0.25, 0.3) is 11.5 Å². The first kappa shape index (κ1) is 14.3. The molecule has 2 heterocycles. The van der Waals surface area contributed by atoms with Gasteiger partial charge >= 0.3 is 0 Å². The minimum absolute atomic E-state index is 0.0332. The van der Waals surface area contributed by atoms with Crippen molar-refractivity contribution in [1.82, 2.24) is 9.88 Å². The molecule has 0 spiro atoms. The predicted molar refractivity (Wildman–Crippen MR) is 77.9 cm³/mol. The zero-order valence-electron chi connectivity index (χ0n) is 12.2. The van der Waals surface area contributed by atoms with Gasteiger partial charge in [-0.2, -0.15) is 0 Å². The molecule has 1 aromatic rings. The van der Waals surface area contributed by atoms with Crippen molar-refractivity contribution in [2.45, 2.75) is 31.4 Å². The summed E-state index contributed by atoms with van der Waals surface area (Å²) < 4.78 is 7.29. The van der Waals surface area contributed by atoms with Crippen molar-refractivity contribution in [3.05, 3.63) is 33.7 Å². The second kappa shape index (κ2) is 5.27. The number of hydrogen-bond acceptors (Lipinski definition) is 4. The fourth-order valence-corrected chi connectivity index (χ4v) is 3.25. The van der Waals surface area contributed by atoms with Crippen LogP contribution in [0.4, 0.5) is 0 Å². The molecular weight excluding hydrogens is 270 g/mol. The van der Waals surface area contributed by atoms with Crippen molar-refractivity contribution in [2.75, 3.05) is 13.2 Å². The Morgan fingerprint density at radius 1 is 1.62 bits per heavy atom. The second-order valence-electron chi connectivity index (χ2n) is 6.10. The molecular formula is C15H21N3O3. The van der Waals surface area contributed by atoms with Crippen LogP contribution in [0.3, 0.4) is 0 Å². The molecule has 1 amide bonds. The maximum Gasteiger partial charge on any atom is 0.263 e. The van der Waals surface area contributed by atoms with Crippen LogP contribution < -0.4 is 16.6 Å². The van der Waals surface area contributed by atoms with Crippen molar-refractivity contribution < 1.29 is 9.53 Å². The molecule has 2 fully saturated rings. The third-order valence-electron chi connectivity index (χ3n) is 4.52. The molecule has 0 aromatic carbocycles. The van der Waals surface area contributed by atoms with E-state index in [0.717, 1.165) is 31.6 Å². The van der Waals surface area contributed by atoms with Crippen molar-refractivity contribution in [3.8, 4) is 0 Å². The summed E-state index contributed by atoms with van der Waals surface area (Å²) in [5.74, 6) is 0.00831. The van der Waals surface area contributed by atoms with Gasteiger partial charge in [-0.15, -0.1) is 0 Å². The largest absolute Gasteiger partial charge is 0.373 e. The second-order valence-corrected chi connectivity index (χ2v) is 6.10. The number of nitrogens with two attached hydrogens (primary N) is 1. The molecule has 1 aliphatic carbocycles. The highest BCUT2D eigenvalue weighted by atomic mass is 16.5. The highest BCUT2D eigenvalue weighted by Crippen LogP contribution is 2.51. The Hall–Kier alpha value is -1.66. The van der Waals surface area contributed by atoms with E-state index in [4.69, 9.17) is 10.5 Å².